The first kappa shape index (κ1) is 34.7. The molecule has 0 aliphatic heterocycles. The van der Waals surface area contributed by atoms with Gasteiger partial charge in [-0.05, 0) is 59.3 Å². The predicted octanol–water partition coefficient (Wildman–Crippen LogP) is 9.65. The molecule has 0 aromatic heterocycles. The van der Waals surface area contributed by atoms with Crippen LogP contribution in [0.1, 0.15) is 169 Å². The Kier molecular flexibility index (Phi) is 23.3. The Morgan fingerprint density at radius 2 is 1.08 bits per heavy atom. The van der Waals surface area contributed by atoms with Crippen molar-refractivity contribution in [3.05, 3.63) is 0 Å². The van der Waals surface area contributed by atoms with Crippen LogP contribution >= 0.6 is 0 Å². The topological polar surface area (TPSA) is 64.6 Å². The molecule has 0 fully saturated rings. The first-order valence-electron chi connectivity index (χ1n) is 15.4. The third kappa shape index (κ3) is 25.8. The predicted molar refractivity (Wildman–Crippen MR) is 152 cm³/mol. The first-order valence-corrected chi connectivity index (χ1v) is 15.4. The lowest BCUT2D eigenvalue weighted by Crippen LogP contribution is -2.32. The Balaban J connectivity index is 3.95. The van der Waals surface area contributed by atoms with Crippen molar-refractivity contribution in [2.45, 2.75) is 181 Å². The van der Waals surface area contributed by atoms with E-state index in [1.165, 1.54) is 77.0 Å². The van der Waals surface area contributed by atoms with Gasteiger partial charge in [0.25, 0.3) is 0 Å². The SMILES string of the molecule is CCCCCCCCC(CCCCCCCC)OC(=O)CCCCCCCCNC(=O)OC(C)(C)C. The zero-order chi connectivity index (χ0) is 26.9. The summed E-state index contributed by atoms with van der Waals surface area (Å²) in [6, 6.07) is 0. The summed E-state index contributed by atoms with van der Waals surface area (Å²) in [6.45, 7) is 10.8. The number of hydrogen-bond acceptors (Lipinski definition) is 4. The number of nitrogens with one attached hydrogen (secondary N) is 1. The molecule has 0 spiro atoms. The Hall–Kier alpha value is -1.26. The molecule has 0 bridgehead atoms. The molecular formula is C31H61NO4. The Morgan fingerprint density at radius 1 is 0.639 bits per heavy atom. The zero-order valence-electron chi connectivity index (χ0n) is 24.8. The second-order valence-electron chi connectivity index (χ2n) is 11.5. The van der Waals surface area contributed by atoms with Crippen molar-refractivity contribution in [1.29, 1.82) is 0 Å². The van der Waals surface area contributed by atoms with E-state index in [1.807, 2.05) is 20.8 Å². The molecule has 214 valence electrons. The number of ether oxygens (including phenoxy) is 2. The average molecular weight is 512 g/mol. The molecule has 1 amide bonds. The normalized spacial score (nSPS) is 11.6. The van der Waals surface area contributed by atoms with Crippen molar-refractivity contribution in [3.8, 4) is 0 Å². The van der Waals surface area contributed by atoms with E-state index in [0.717, 1.165) is 51.4 Å². The van der Waals surface area contributed by atoms with E-state index < -0.39 is 5.60 Å². The van der Waals surface area contributed by atoms with Gasteiger partial charge in [0.1, 0.15) is 11.7 Å². The molecule has 0 unspecified atom stereocenters. The number of rotatable bonds is 24. The maximum absolute atomic E-state index is 12.5. The van der Waals surface area contributed by atoms with Gasteiger partial charge in [-0.25, -0.2) is 4.79 Å². The summed E-state index contributed by atoms with van der Waals surface area (Å²) in [5.41, 5.74) is -0.451. The van der Waals surface area contributed by atoms with Crippen LogP contribution in [0.2, 0.25) is 0 Å². The Morgan fingerprint density at radius 3 is 1.58 bits per heavy atom. The van der Waals surface area contributed by atoms with E-state index in [2.05, 4.69) is 19.2 Å². The summed E-state index contributed by atoms with van der Waals surface area (Å²) in [7, 11) is 0. The fraction of sp³-hybridized carbons (Fsp3) is 0.935. The van der Waals surface area contributed by atoms with Gasteiger partial charge in [0.15, 0.2) is 0 Å². The highest BCUT2D eigenvalue weighted by Gasteiger charge is 2.16. The highest BCUT2D eigenvalue weighted by atomic mass is 16.6. The molecule has 0 heterocycles. The zero-order valence-corrected chi connectivity index (χ0v) is 24.8. The summed E-state index contributed by atoms with van der Waals surface area (Å²) in [4.78, 5) is 24.1. The van der Waals surface area contributed by atoms with Crippen molar-refractivity contribution in [1.82, 2.24) is 5.32 Å². The van der Waals surface area contributed by atoms with E-state index >= 15 is 0 Å². The summed E-state index contributed by atoms with van der Waals surface area (Å²) in [6.07, 6.45) is 24.0. The summed E-state index contributed by atoms with van der Waals surface area (Å²) >= 11 is 0. The van der Waals surface area contributed by atoms with E-state index in [-0.39, 0.29) is 18.2 Å². The van der Waals surface area contributed by atoms with Crippen LogP contribution in [0.4, 0.5) is 4.79 Å². The molecule has 0 aromatic carbocycles. The molecular weight excluding hydrogens is 450 g/mol. The standard InChI is InChI=1S/C31H61NO4/c1-6-8-10-12-16-20-24-28(25-21-17-13-11-9-7-2)35-29(33)26-22-18-14-15-19-23-27-32-30(34)36-31(3,4)5/h28H,6-27H2,1-5H3,(H,32,34). The van der Waals surface area contributed by atoms with Gasteiger partial charge in [0, 0.05) is 13.0 Å². The molecule has 0 rings (SSSR count). The van der Waals surface area contributed by atoms with E-state index in [0.29, 0.717) is 13.0 Å². The van der Waals surface area contributed by atoms with Crippen LogP contribution in [0.5, 0.6) is 0 Å². The highest BCUT2D eigenvalue weighted by Crippen LogP contribution is 2.18. The van der Waals surface area contributed by atoms with E-state index in [9.17, 15) is 9.59 Å². The Bertz CT molecular complexity index is 499. The molecule has 1 N–H and O–H groups in total. The van der Waals surface area contributed by atoms with Crippen LogP contribution in [0.25, 0.3) is 0 Å². The van der Waals surface area contributed by atoms with Crippen molar-refractivity contribution in [2.75, 3.05) is 6.54 Å². The van der Waals surface area contributed by atoms with Crippen LogP contribution < -0.4 is 5.32 Å². The first-order chi connectivity index (χ1) is 17.3. The van der Waals surface area contributed by atoms with Gasteiger partial charge in [-0.3, -0.25) is 4.79 Å². The van der Waals surface area contributed by atoms with Gasteiger partial charge in [0.2, 0.25) is 0 Å². The molecule has 36 heavy (non-hydrogen) atoms. The molecule has 0 aromatic rings. The van der Waals surface area contributed by atoms with Gasteiger partial charge in [-0.1, -0.05) is 104 Å². The minimum atomic E-state index is -0.451. The maximum Gasteiger partial charge on any atom is 0.407 e. The largest absolute Gasteiger partial charge is 0.462 e. The van der Waals surface area contributed by atoms with Gasteiger partial charge in [-0.15, -0.1) is 0 Å². The quantitative estimate of drug-likeness (QED) is 0.103. The molecule has 5 nitrogen and oxygen atoms in total. The van der Waals surface area contributed by atoms with Crippen LogP contribution in [-0.2, 0) is 14.3 Å². The molecule has 0 radical (unpaired) electrons. The number of hydrogen-bond donors (Lipinski definition) is 1. The molecule has 0 saturated heterocycles. The van der Waals surface area contributed by atoms with Crippen LogP contribution in [0.3, 0.4) is 0 Å². The smallest absolute Gasteiger partial charge is 0.407 e. The minimum Gasteiger partial charge on any atom is -0.462 e. The number of alkyl carbamates (subject to hydrolysis) is 1. The molecule has 5 heteroatoms. The number of carbonyl (C=O) groups excluding carboxylic acids is 2. The van der Waals surface area contributed by atoms with E-state index in [1.54, 1.807) is 0 Å². The molecule has 0 aliphatic carbocycles. The van der Waals surface area contributed by atoms with Gasteiger partial charge in [0.05, 0.1) is 0 Å². The summed E-state index contributed by atoms with van der Waals surface area (Å²) in [5.74, 6) is -0.00136. The van der Waals surface area contributed by atoms with Gasteiger partial charge in [-0.2, -0.15) is 0 Å². The molecule has 0 saturated carbocycles. The van der Waals surface area contributed by atoms with Crippen LogP contribution in [0, 0.1) is 0 Å². The minimum absolute atomic E-state index is 0.00136. The number of esters is 1. The fourth-order valence-electron chi connectivity index (χ4n) is 4.42. The lowest BCUT2D eigenvalue weighted by Gasteiger charge is -2.19. The monoisotopic (exact) mass is 511 g/mol. The van der Waals surface area contributed by atoms with E-state index in [4.69, 9.17) is 9.47 Å². The number of amides is 1. The highest BCUT2D eigenvalue weighted by molar-refractivity contribution is 5.69. The fourth-order valence-corrected chi connectivity index (χ4v) is 4.42. The summed E-state index contributed by atoms with van der Waals surface area (Å²) < 4.78 is 11.2. The van der Waals surface area contributed by atoms with Crippen molar-refractivity contribution in [3.63, 3.8) is 0 Å². The van der Waals surface area contributed by atoms with Crippen molar-refractivity contribution < 1.29 is 19.1 Å². The second kappa shape index (κ2) is 24.1. The third-order valence-electron chi connectivity index (χ3n) is 6.53. The maximum atomic E-state index is 12.5. The lowest BCUT2D eigenvalue weighted by molar-refractivity contribution is -0.150. The van der Waals surface area contributed by atoms with Crippen LogP contribution in [0.15, 0.2) is 0 Å². The summed E-state index contributed by atoms with van der Waals surface area (Å²) in [5, 5.41) is 2.81. The average Bonchev–Trinajstić information content (AvgIpc) is 2.81. The third-order valence-corrected chi connectivity index (χ3v) is 6.53. The Labute approximate surface area is 224 Å². The van der Waals surface area contributed by atoms with Crippen molar-refractivity contribution in [2.24, 2.45) is 0 Å². The van der Waals surface area contributed by atoms with Gasteiger partial charge >= 0.3 is 12.1 Å². The molecule has 0 atom stereocenters. The number of carbonyl (C=O) groups is 2. The number of unbranched alkanes of at least 4 members (excludes halogenated alkanes) is 15. The molecule has 0 aliphatic rings. The lowest BCUT2D eigenvalue weighted by atomic mass is 10.0. The second-order valence-corrected chi connectivity index (χ2v) is 11.5. The van der Waals surface area contributed by atoms with Crippen molar-refractivity contribution >= 4 is 12.1 Å². The van der Waals surface area contributed by atoms with Gasteiger partial charge < -0.3 is 14.8 Å². The van der Waals surface area contributed by atoms with Crippen LogP contribution in [-0.4, -0.2) is 30.3 Å².